The summed E-state index contributed by atoms with van der Waals surface area (Å²) in [5, 5.41) is 2.60. The van der Waals surface area contributed by atoms with Crippen LogP contribution in [-0.4, -0.2) is 43.2 Å². The number of aromatic nitrogens is 1. The summed E-state index contributed by atoms with van der Waals surface area (Å²) >= 11 is 1.43. The Bertz CT molecular complexity index is 1200. The second kappa shape index (κ2) is 10.4. The molecule has 8 heteroatoms. The highest BCUT2D eigenvalue weighted by Crippen LogP contribution is 2.28. The summed E-state index contributed by atoms with van der Waals surface area (Å²) < 4.78 is 26.9. The van der Waals surface area contributed by atoms with Crippen molar-refractivity contribution >= 4 is 32.4 Å². The van der Waals surface area contributed by atoms with Crippen LogP contribution in [0, 0.1) is 0 Å². The molecule has 1 amide bonds. The standard InChI is InChI=1S/C25H27N3O3S2/c1-2-16-28(25-26-23(19-32-25)21-8-4-3-5-9-21)24(29)15-12-20-10-13-22(14-11-20)33(30,31)27-17-6-7-18-27/h2-5,8-11,13-14,19H,1,6-7,12,15-18H2. The van der Waals surface area contributed by atoms with Crippen molar-refractivity contribution in [3.05, 3.63) is 78.2 Å². The molecule has 0 aliphatic carbocycles. The van der Waals surface area contributed by atoms with Crippen LogP contribution in [0.25, 0.3) is 11.3 Å². The minimum absolute atomic E-state index is 0.0439. The topological polar surface area (TPSA) is 70.6 Å². The highest BCUT2D eigenvalue weighted by molar-refractivity contribution is 7.89. The molecule has 4 rings (SSSR count). The number of carbonyl (C=O) groups is 1. The zero-order valence-corrected chi connectivity index (χ0v) is 20.0. The zero-order chi connectivity index (χ0) is 23.3. The van der Waals surface area contributed by atoms with Crippen LogP contribution in [0.5, 0.6) is 0 Å². The van der Waals surface area contributed by atoms with Gasteiger partial charge in [0.2, 0.25) is 15.9 Å². The molecule has 2 heterocycles. The van der Waals surface area contributed by atoms with Gasteiger partial charge >= 0.3 is 0 Å². The lowest BCUT2D eigenvalue weighted by molar-refractivity contribution is -0.118. The number of carbonyl (C=O) groups excluding carboxylic acids is 1. The lowest BCUT2D eigenvalue weighted by atomic mass is 10.1. The smallest absolute Gasteiger partial charge is 0.243 e. The molecule has 1 aliphatic heterocycles. The van der Waals surface area contributed by atoms with Gasteiger partial charge in [-0.15, -0.1) is 17.9 Å². The highest BCUT2D eigenvalue weighted by Gasteiger charge is 2.27. The van der Waals surface area contributed by atoms with Gasteiger partial charge in [-0.2, -0.15) is 4.31 Å². The van der Waals surface area contributed by atoms with Crippen LogP contribution >= 0.6 is 11.3 Å². The van der Waals surface area contributed by atoms with Gasteiger partial charge in [0.25, 0.3) is 0 Å². The first kappa shape index (κ1) is 23.4. The molecule has 0 N–H and O–H groups in total. The SMILES string of the molecule is C=CCN(C(=O)CCc1ccc(S(=O)(=O)N2CCCC2)cc1)c1nc(-c2ccccc2)cs1. The van der Waals surface area contributed by atoms with E-state index in [4.69, 9.17) is 0 Å². The molecule has 172 valence electrons. The first-order valence-electron chi connectivity index (χ1n) is 11.0. The van der Waals surface area contributed by atoms with Crippen molar-refractivity contribution in [2.24, 2.45) is 0 Å². The Kier molecular flexibility index (Phi) is 7.37. The molecular weight excluding hydrogens is 454 g/mol. The Morgan fingerprint density at radius 1 is 1.09 bits per heavy atom. The van der Waals surface area contributed by atoms with E-state index in [1.54, 1.807) is 35.2 Å². The lowest BCUT2D eigenvalue weighted by Gasteiger charge is -2.18. The Morgan fingerprint density at radius 3 is 2.45 bits per heavy atom. The number of nitrogens with zero attached hydrogens (tertiary/aromatic N) is 3. The third-order valence-corrected chi connectivity index (χ3v) is 8.44. The highest BCUT2D eigenvalue weighted by atomic mass is 32.2. The molecule has 0 spiro atoms. The average molecular weight is 482 g/mol. The number of anilines is 1. The molecule has 2 aromatic carbocycles. The zero-order valence-electron chi connectivity index (χ0n) is 18.4. The van der Waals surface area contributed by atoms with Gasteiger partial charge in [-0.05, 0) is 37.0 Å². The van der Waals surface area contributed by atoms with Gasteiger partial charge in [-0.3, -0.25) is 9.69 Å². The Labute approximate surface area is 199 Å². The molecule has 1 aliphatic rings. The summed E-state index contributed by atoms with van der Waals surface area (Å²) in [6.45, 7) is 5.33. The van der Waals surface area contributed by atoms with Gasteiger partial charge in [-0.25, -0.2) is 13.4 Å². The maximum absolute atomic E-state index is 13.0. The van der Waals surface area contributed by atoms with Gasteiger partial charge in [0.15, 0.2) is 5.13 Å². The average Bonchev–Trinajstić information content (AvgIpc) is 3.55. The fraction of sp³-hybridized carbons (Fsp3) is 0.280. The summed E-state index contributed by atoms with van der Waals surface area (Å²) in [5.74, 6) is -0.0439. The van der Waals surface area contributed by atoms with Gasteiger partial charge in [0.05, 0.1) is 10.6 Å². The first-order valence-corrected chi connectivity index (χ1v) is 13.3. The molecule has 1 aromatic heterocycles. The van der Waals surface area contributed by atoms with Crippen LogP contribution < -0.4 is 4.90 Å². The number of benzene rings is 2. The summed E-state index contributed by atoms with van der Waals surface area (Å²) in [7, 11) is -3.42. The number of amides is 1. The van der Waals surface area contributed by atoms with Crippen LogP contribution in [0.4, 0.5) is 5.13 Å². The van der Waals surface area contributed by atoms with Crippen LogP contribution in [-0.2, 0) is 21.2 Å². The Hall–Kier alpha value is -2.81. The van der Waals surface area contributed by atoms with E-state index in [-0.39, 0.29) is 5.91 Å². The van der Waals surface area contributed by atoms with E-state index in [1.807, 2.05) is 35.7 Å². The molecule has 0 unspecified atom stereocenters. The second-order valence-corrected chi connectivity index (χ2v) is 10.7. The van der Waals surface area contributed by atoms with E-state index in [9.17, 15) is 13.2 Å². The molecular formula is C25H27N3O3S2. The van der Waals surface area contributed by atoms with Gasteiger partial charge < -0.3 is 0 Å². The molecule has 0 saturated carbocycles. The molecule has 0 bridgehead atoms. The van der Waals surface area contributed by atoms with E-state index in [2.05, 4.69) is 11.6 Å². The first-order chi connectivity index (χ1) is 16.0. The third kappa shape index (κ3) is 5.40. The fourth-order valence-electron chi connectivity index (χ4n) is 3.84. The summed E-state index contributed by atoms with van der Waals surface area (Å²) in [6.07, 6.45) is 4.33. The number of rotatable bonds is 9. The molecule has 1 fully saturated rings. The summed E-state index contributed by atoms with van der Waals surface area (Å²) in [6, 6.07) is 16.7. The largest absolute Gasteiger partial charge is 0.284 e. The van der Waals surface area contributed by atoms with E-state index in [1.165, 1.54) is 15.6 Å². The Balaban J connectivity index is 1.41. The molecule has 6 nitrogen and oxygen atoms in total. The van der Waals surface area contributed by atoms with Crippen molar-refractivity contribution in [1.29, 1.82) is 0 Å². The minimum Gasteiger partial charge on any atom is -0.284 e. The number of sulfonamides is 1. The number of hydrogen-bond acceptors (Lipinski definition) is 5. The lowest BCUT2D eigenvalue weighted by Crippen LogP contribution is -2.31. The van der Waals surface area contributed by atoms with Crippen LogP contribution in [0.3, 0.4) is 0 Å². The van der Waals surface area contributed by atoms with Crippen molar-refractivity contribution in [3.8, 4) is 11.3 Å². The number of aryl methyl sites for hydroxylation is 1. The maximum Gasteiger partial charge on any atom is 0.243 e. The predicted molar refractivity (Wildman–Crippen MR) is 133 cm³/mol. The van der Waals surface area contributed by atoms with Gasteiger partial charge in [0.1, 0.15) is 0 Å². The molecule has 0 atom stereocenters. The normalized spacial score (nSPS) is 14.3. The van der Waals surface area contributed by atoms with E-state index >= 15 is 0 Å². The monoisotopic (exact) mass is 481 g/mol. The van der Waals surface area contributed by atoms with Crippen LogP contribution in [0.15, 0.2) is 77.5 Å². The molecule has 1 saturated heterocycles. The van der Waals surface area contributed by atoms with Gasteiger partial charge in [-0.1, -0.05) is 48.5 Å². The number of hydrogen-bond donors (Lipinski definition) is 0. The fourth-order valence-corrected chi connectivity index (χ4v) is 6.21. The van der Waals surface area contributed by atoms with Crippen molar-refractivity contribution in [3.63, 3.8) is 0 Å². The van der Waals surface area contributed by atoms with Crippen molar-refractivity contribution in [2.45, 2.75) is 30.6 Å². The molecule has 3 aromatic rings. The minimum atomic E-state index is -3.42. The van der Waals surface area contributed by atoms with Crippen molar-refractivity contribution in [1.82, 2.24) is 9.29 Å². The quantitative estimate of drug-likeness (QED) is 0.414. The second-order valence-electron chi connectivity index (χ2n) is 7.93. The van der Waals surface area contributed by atoms with E-state index in [0.717, 1.165) is 29.7 Å². The van der Waals surface area contributed by atoms with Crippen molar-refractivity contribution in [2.75, 3.05) is 24.5 Å². The van der Waals surface area contributed by atoms with Crippen molar-refractivity contribution < 1.29 is 13.2 Å². The summed E-state index contributed by atoms with van der Waals surface area (Å²) in [5.41, 5.74) is 2.77. The van der Waals surface area contributed by atoms with Gasteiger partial charge in [0, 0.05) is 37.0 Å². The molecule has 0 radical (unpaired) electrons. The van der Waals surface area contributed by atoms with E-state index < -0.39 is 10.0 Å². The maximum atomic E-state index is 13.0. The molecule has 33 heavy (non-hydrogen) atoms. The summed E-state index contributed by atoms with van der Waals surface area (Å²) in [4.78, 5) is 19.6. The third-order valence-electron chi connectivity index (χ3n) is 5.66. The Morgan fingerprint density at radius 2 is 1.79 bits per heavy atom. The van der Waals surface area contributed by atoms with Crippen LogP contribution in [0.1, 0.15) is 24.8 Å². The predicted octanol–water partition coefficient (Wildman–Crippen LogP) is 4.75. The number of thiazole rings is 1. The van der Waals surface area contributed by atoms with E-state index in [0.29, 0.717) is 42.5 Å². The van der Waals surface area contributed by atoms with Crippen LogP contribution in [0.2, 0.25) is 0 Å².